The van der Waals surface area contributed by atoms with E-state index in [1.54, 1.807) is 0 Å². The van der Waals surface area contributed by atoms with Gasteiger partial charge in [0, 0.05) is 13.1 Å². The van der Waals surface area contributed by atoms with E-state index in [4.69, 9.17) is 0 Å². The second-order valence-electron chi connectivity index (χ2n) is 4.42. The highest BCUT2D eigenvalue weighted by Gasteiger charge is 2.25. The van der Waals surface area contributed by atoms with Gasteiger partial charge in [0.2, 0.25) is 0 Å². The van der Waals surface area contributed by atoms with Gasteiger partial charge in [0.1, 0.15) is 11.6 Å². The first-order chi connectivity index (χ1) is 7.65. The van der Waals surface area contributed by atoms with Gasteiger partial charge in [0.05, 0.1) is 5.69 Å². The summed E-state index contributed by atoms with van der Waals surface area (Å²) in [5, 5.41) is 17.5. The van der Waals surface area contributed by atoms with Gasteiger partial charge in [0.15, 0.2) is 5.82 Å². The highest BCUT2D eigenvalue weighted by atomic mass is 15.3. The van der Waals surface area contributed by atoms with Gasteiger partial charge in [-0.25, -0.2) is 0 Å². The molecule has 2 rings (SSSR count). The van der Waals surface area contributed by atoms with Gasteiger partial charge in [-0.15, -0.1) is 5.10 Å². The molecule has 0 bridgehead atoms. The van der Waals surface area contributed by atoms with E-state index < -0.39 is 0 Å². The number of hydrogen-bond acceptors (Lipinski definition) is 4. The van der Waals surface area contributed by atoms with Gasteiger partial charge in [-0.05, 0) is 38.7 Å². The van der Waals surface area contributed by atoms with Gasteiger partial charge in [-0.1, -0.05) is 0 Å². The summed E-state index contributed by atoms with van der Waals surface area (Å²) < 4.78 is 0. The molecule has 16 heavy (non-hydrogen) atoms. The maximum absolute atomic E-state index is 9.20. The van der Waals surface area contributed by atoms with Crippen molar-refractivity contribution in [1.82, 2.24) is 10.2 Å². The third kappa shape index (κ3) is 1.63. The molecule has 0 aliphatic heterocycles. The molecule has 0 saturated heterocycles. The zero-order valence-electron chi connectivity index (χ0n) is 9.99. The molecule has 0 amide bonds. The number of hydrogen-bond donors (Lipinski definition) is 0. The minimum atomic E-state index is 0.531. The summed E-state index contributed by atoms with van der Waals surface area (Å²) in [6, 6.07) is 2.78. The van der Waals surface area contributed by atoms with E-state index in [9.17, 15) is 5.26 Å². The highest BCUT2D eigenvalue weighted by Crippen LogP contribution is 2.29. The second-order valence-corrected chi connectivity index (χ2v) is 4.42. The molecular formula is C12H16N4. The molecule has 1 aliphatic carbocycles. The van der Waals surface area contributed by atoms with Gasteiger partial charge < -0.3 is 4.90 Å². The number of aromatic nitrogens is 2. The number of nitriles is 1. The maximum atomic E-state index is 9.20. The molecule has 0 radical (unpaired) electrons. The number of nitrogens with zero attached hydrogens (tertiary/aromatic N) is 4. The minimum Gasteiger partial charge on any atom is -0.354 e. The lowest BCUT2D eigenvalue weighted by atomic mass is 9.91. The molecule has 4 heteroatoms. The van der Waals surface area contributed by atoms with E-state index in [1.807, 2.05) is 20.9 Å². The summed E-state index contributed by atoms with van der Waals surface area (Å²) in [4.78, 5) is 2.10. The molecular weight excluding hydrogens is 200 g/mol. The molecule has 1 saturated carbocycles. The van der Waals surface area contributed by atoms with Crippen molar-refractivity contribution in [3.05, 3.63) is 16.8 Å². The van der Waals surface area contributed by atoms with Crippen LogP contribution in [-0.4, -0.2) is 23.3 Å². The van der Waals surface area contributed by atoms with Crippen LogP contribution in [0.4, 0.5) is 5.82 Å². The number of anilines is 1. The Morgan fingerprint density at radius 2 is 2.00 bits per heavy atom. The Morgan fingerprint density at radius 1 is 1.31 bits per heavy atom. The van der Waals surface area contributed by atoms with E-state index in [0.29, 0.717) is 11.6 Å². The van der Waals surface area contributed by atoms with E-state index in [1.165, 1.54) is 19.3 Å². The maximum Gasteiger partial charge on any atom is 0.169 e. The van der Waals surface area contributed by atoms with Gasteiger partial charge in [-0.3, -0.25) is 0 Å². The molecule has 0 atom stereocenters. The molecule has 0 spiro atoms. The van der Waals surface area contributed by atoms with E-state index in [-0.39, 0.29) is 0 Å². The first-order valence-corrected chi connectivity index (χ1v) is 5.62. The van der Waals surface area contributed by atoms with Crippen LogP contribution in [0.2, 0.25) is 0 Å². The van der Waals surface area contributed by atoms with Crippen LogP contribution in [0.5, 0.6) is 0 Å². The minimum absolute atomic E-state index is 0.531. The van der Waals surface area contributed by atoms with Crippen LogP contribution >= 0.6 is 0 Å². The van der Waals surface area contributed by atoms with Crippen molar-refractivity contribution in [3.63, 3.8) is 0 Å². The van der Waals surface area contributed by atoms with E-state index in [2.05, 4.69) is 21.2 Å². The smallest absolute Gasteiger partial charge is 0.169 e. The van der Waals surface area contributed by atoms with E-state index >= 15 is 0 Å². The first-order valence-electron chi connectivity index (χ1n) is 5.62. The lowest BCUT2D eigenvalue weighted by Crippen LogP contribution is -2.38. The van der Waals surface area contributed by atoms with Crippen molar-refractivity contribution in [1.29, 1.82) is 5.26 Å². The van der Waals surface area contributed by atoms with Crippen LogP contribution in [0, 0.1) is 25.2 Å². The lowest BCUT2D eigenvalue weighted by molar-refractivity contribution is 0.398. The summed E-state index contributed by atoms with van der Waals surface area (Å²) in [5.74, 6) is 0.732. The third-order valence-corrected chi connectivity index (χ3v) is 3.50. The van der Waals surface area contributed by atoms with Crippen LogP contribution in [0.15, 0.2) is 0 Å². The van der Waals surface area contributed by atoms with Crippen molar-refractivity contribution in [2.45, 2.75) is 39.2 Å². The first kappa shape index (κ1) is 10.9. The summed E-state index contributed by atoms with van der Waals surface area (Å²) in [7, 11) is 2.00. The Kier molecular flexibility index (Phi) is 2.78. The van der Waals surface area contributed by atoms with Crippen molar-refractivity contribution in [2.24, 2.45) is 0 Å². The molecule has 0 aromatic carbocycles. The Balaban J connectivity index is 2.40. The summed E-state index contributed by atoms with van der Waals surface area (Å²) >= 11 is 0. The van der Waals surface area contributed by atoms with E-state index in [0.717, 1.165) is 17.1 Å². The predicted molar refractivity (Wildman–Crippen MR) is 62.3 cm³/mol. The molecule has 1 aliphatic rings. The SMILES string of the molecule is Cc1nnc(N(C)C2CCC2)c(C#N)c1C. The zero-order valence-corrected chi connectivity index (χ0v) is 9.99. The molecule has 0 unspecified atom stereocenters. The summed E-state index contributed by atoms with van der Waals surface area (Å²) in [6.07, 6.45) is 3.65. The van der Waals surface area contributed by atoms with Crippen LogP contribution in [0.1, 0.15) is 36.1 Å². The lowest BCUT2D eigenvalue weighted by Gasteiger charge is -2.35. The van der Waals surface area contributed by atoms with Crippen molar-refractivity contribution >= 4 is 5.82 Å². The second kappa shape index (κ2) is 4.09. The topological polar surface area (TPSA) is 52.8 Å². The Labute approximate surface area is 95.9 Å². The standard InChI is InChI=1S/C12H16N4/c1-8-9(2)14-15-12(11(8)7-13)16(3)10-5-4-6-10/h10H,4-6H2,1-3H3. The molecule has 1 heterocycles. The third-order valence-electron chi connectivity index (χ3n) is 3.50. The predicted octanol–water partition coefficient (Wildman–Crippen LogP) is 1.95. The van der Waals surface area contributed by atoms with Crippen LogP contribution in [-0.2, 0) is 0 Å². The highest BCUT2D eigenvalue weighted by molar-refractivity contribution is 5.57. The van der Waals surface area contributed by atoms with Crippen LogP contribution < -0.4 is 4.90 Å². The molecule has 4 nitrogen and oxygen atoms in total. The Bertz CT molecular complexity index is 443. The molecule has 84 valence electrons. The summed E-state index contributed by atoms with van der Waals surface area (Å²) in [6.45, 7) is 3.82. The quantitative estimate of drug-likeness (QED) is 0.758. The van der Waals surface area contributed by atoms with Crippen LogP contribution in [0.25, 0.3) is 0 Å². The summed E-state index contributed by atoms with van der Waals surface area (Å²) in [5.41, 5.74) is 2.45. The van der Waals surface area contributed by atoms with Gasteiger partial charge >= 0.3 is 0 Å². The largest absolute Gasteiger partial charge is 0.354 e. The average molecular weight is 216 g/mol. The number of rotatable bonds is 2. The van der Waals surface area contributed by atoms with Gasteiger partial charge in [0.25, 0.3) is 0 Å². The van der Waals surface area contributed by atoms with Gasteiger partial charge in [-0.2, -0.15) is 10.4 Å². The number of aryl methyl sites for hydroxylation is 1. The fourth-order valence-corrected chi connectivity index (χ4v) is 1.92. The molecule has 1 fully saturated rings. The Morgan fingerprint density at radius 3 is 2.50 bits per heavy atom. The average Bonchev–Trinajstić information content (AvgIpc) is 2.19. The van der Waals surface area contributed by atoms with Crippen molar-refractivity contribution < 1.29 is 0 Å². The fourth-order valence-electron chi connectivity index (χ4n) is 1.92. The van der Waals surface area contributed by atoms with Crippen molar-refractivity contribution in [3.8, 4) is 6.07 Å². The fraction of sp³-hybridized carbons (Fsp3) is 0.583. The zero-order chi connectivity index (χ0) is 11.7. The normalized spacial score (nSPS) is 15.4. The molecule has 1 aromatic heterocycles. The molecule has 1 aromatic rings. The monoisotopic (exact) mass is 216 g/mol. The molecule has 0 N–H and O–H groups in total. The Hall–Kier alpha value is -1.63. The van der Waals surface area contributed by atoms with Crippen molar-refractivity contribution in [2.75, 3.05) is 11.9 Å². The van der Waals surface area contributed by atoms with Crippen LogP contribution in [0.3, 0.4) is 0 Å².